The Morgan fingerprint density at radius 2 is 2.33 bits per heavy atom. The van der Waals surface area contributed by atoms with Gasteiger partial charge in [-0.3, -0.25) is 4.79 Å². The standard InChI is InChI=1S/C16H21N3O2/c1-11-8-14(12(2)21-11)16(20)18(3)10-13-4-6-19-7-5-17-15(19)9-13/h5,7-8,13H,4,6,9-10H2,1-3H3/t13-/m1/s1. The molecule has 112 valence electrons. The van der Waals surface area contributed by atoms with Crippen LogP contribution in [0, 0.1) is 19.8 Å². The zero-order chi connectivity index (χ0) is 15.0. The minimum atomic E-state index is 0.0401. The number of hydrogen-bond donors (Lipinski definition) is 0. The van der Waals surface area contributed by atoms with Gasteiger partial charge in [0.05, 0.1) is 5.56 Å². The summed E-state index contributed by atoms with van der Waals surface area (Å²) in [6, 6.07) is 1.82. The first kappa shape index (κ1) is 13.9. The molecule has 1 aliphatic heterocycles. The van der Waals surface area contributed by atoms with Crippen LogP contribution in [-0.2, 0) is 13.0 Å². The van der Waals surface area contributed by atoms with Gasteiger partial charge in [-0.15, -0.1) is 0 Å². The number of fused-ring (bicyclic) bond motifs is 1. The first-order valence-electron chi connectivity index (χ1n) is 7.37. The van der Waals surface area contributed by atoms with Crippen molar-refractivity contribution < 1.29 is 9.21 Å². The molecule has 0 saturated heterocycles. The summed E-state index contributed by atoms with van der Waals surface area (Å²) in [5, 5.41) is 0. The Bertz CT molecular complexity index is 656. The zero-order valence-corrected chi connectivity index (χ0v) is 12.8. The molecule has 0 bridgehead atoms. The van der Waals surface area contributed by atoms with Gasteiger partial charge in [0.1, 0.15) is 17.3 Å². The quantitative estimate of drug-likeness (QED) is 0.871. The van der Waals surface area contributed by atoms with Crippen LogP contribution in [0.4, 0.5) is 0 Å². The SMILES string of the molecule is Cc1cc(C(=O)N(C)C[C@@H]2CCn3ccnc3C2)c(C)o1. The van der Waals surface area contributed by atoms with Crippen molar-refractivity contribution in [2.75, 3.05) is 13.6 Å². The van der Waals surface area contributed by atoms with E-state index in [1.807, 2.05) is 39.4 Å². The van der Waals surface area contributed by atoms with Crippen LogP contribution in [0.15, 0.2) is 22.9 Å². The largest absolute Gasteiger partial charge is 0.466 e. The molecule has 0 saturated carbocycles. The number of hydrogen-bond acceptors (Lipinski definition) is 3. The Labute approximate surface area is 124 Å². The van der Waals surface area contributed by atoms with Crippen LogP contribution in [0.25, 0.3) is 0 Å². The van der Waals surface area contributed by atoms with E-state index in [4.69, 9.17) is 4.42 Å². The molecule has 2 aromatic heterocycles. The fourth-order valence-electron chi connectivity index (χ4n) is 3.09. The number of carbonyl (C=O) groups is 1. The van der Waals surface area contributed by atoms with Gasteiger partial charge in [-0.1, -0.05) is 0 Å². The van der Waals surface area contributed by atoms with E-state index in [1.54, 1.807) is 4.90 Å². The molecule has 1 aliphatic rings. The first-order chi connectivity index (χ1) is 10.0. The minimum Gasteiger partial charge on any atom is -0.466 e. The van der Waals surface area contributed by atoms with Crippen LogP contribution in [0.1, 0.15) is 34.1 Å². The van der Waals surface area contributed by atoms with Gasteiger partial charge in [0.2, 0.25) is 0 Å². The van der Waals surface area contributed by atoms with Gasteiger partial charge in [-0.05, 0) is 32.3 Å². The van der Waals surface area contributed by atoms with Crippen LogP contribution in [0.5, 0.6) is 0 Å². The van der Waals surface area contributed by atoms with Crippen LogP contribution in [0.2, 0.25) is 0 Å². The van der Waals surface area contributed by atoms with Crippen LogP contribution >= 0.6 is 0 Å². The zero-order valence-electron chi connectivity index (χ0n) is 12.8. The summed E-state index contributed by atoms with van der Waals surface area (Å²) in [5.74, 6) is 3.12. The second-order valence-corrected chi connectivity index (χ2v) is 5.91. The monoisotopic (exact) mass is 287 g/mol. The molecule has 5 heteroatoms. The minimum absolute atomic E-state index is 0.0401. The third-order valence-corrected chi connectivity index (χ3v) is 4.20. The lowest BCUT2D eigenvalue weighted by Gasteiger charge is -2.27. The number of aromatic nitrogens is 2. The number of amides is 1. The summed E-state index contributed by atoms with van der Waals surface area (Å²) < 4.78 is 7.65. The summed E-state index contributed by atoms with van der Waals surface area (Å²) >= 11 is 0. The van der Waals surface area contributed by atoms with Crippen molar-refractivity contribution in [3.63, 3.8) is 0 Å². The average Bonchev–Trinajstić information content (AvgIpc) is 3.03. The third kappa shape index (κ3) is 2.73. The second-order valence-electron chi connectivity index (χ2n) is 5.91. The van der Waals surface area contributed by atoms with Crippen molar-refractivity contribution in [1.82, 2.24) is 14.5 Å². The Hall–Kier alpha value is -2.04. The van der Waals surface area contributed by atoms with E-state index in [2.05, 4.69) is 9.55 Å². The maximum atomic E-state index is 12.5. The lowest BCUT2D eigenvalue weighted by atomic mass is 9.97. The molecular weight excluding hydrogens is 266 g/mol. The van der Waals surface area contributed by atoms with Crippen molar-refractivity contribution in [3.8, 4) is 0 Å². The summed E-state index contributed by atoms with van der Waals surface area (Å²) in [6.07, 6.45) is 5.90. The molecular formula is C16H21N3O2. The van der Waals surface area contributed by atoms with Crippen LogP contribution in [0.3, 0.4) is 0 Å². The van der Waals surface area contributed by atoms with Gasteiger partial charge in [-0.2, -0.15) is 0 Å². The predicted octanol–water partition coefficient (Wildman–Crippen LogP) is 2.43. The Kier molecular flexibility index (Phi) is 3.57. The van der Waals surface area contributed by atoms with Gasteiger partial charge in [-0.25, -0.2) is 4.98 Å². The van der Waals surface area contributed by atoms with Gasteiger partial charge in [0, 0.05) is 39.0 Å². The third-order valence-electron chi connectivity index (χ3n) is 4.20. The number of imidazole rings is 1. The molecule has 5 nitrogen and oxygen atoms in total. The smallest absolute Gasteiger partial charge is 0.257 e. The topological polar surface area (TPSA) is 51.3 Å². The number of carbonyl (C=O) groups excluding carboxylic acids is 1. The fourth-order valence-corrected chi connectivity index (χ4v) is 3.09. The predicted molar refractivity (Wildman–Crippen MR) is 79.2 cm³/mol. The summed E-state index contributed by atoms with van der Waals surface area (Å²) in [4.78, 5) is 18.7. The molecule has 0 aliphatic carbocycles. The molecule has 1 amide bonds. The van der Waals surface area contributed by atoms with E-state index in [9.17, 15) is 4.79 Å². The maximum Gasteiger partial charge on any atom is 0.257 e. The lowest BCUT2D eigenvalue weighted by molar-refractivity contribution is 0.0762. The van der Waals surface area contributed by atoms with E-state index in [1.165, 1.54) is 0 Å². The average molecular weight is 287 g/mol. The van der Waals surface area contributed by atoms with Crippen LogP contribution in [-0.4, -0.2) is 34.0 Å². The van der Waals surface area contributed by atoms with Crippen molar-refractivity contribution >= 4 is 5.91 Å². The molecule has 1 atom stereocenters. The summed E-state index contributed by atoms with van der Waals surface area (Å²) in [7, 11) is 1.87. The van der Waals surface area contributed by atoms with E-state index in [0.717, 1.165) is 37.5 Å². The van der Waals surface area contributed by atoms with Crippen LogP contribution < -0.4 is 0 Å². The first-order valence-corrected chi connectivity index (χ1v) is 7.37. The highest BCUT2D eigenvalue weighted by molar-refractivity contribution is 5.95. The molecule has 0 aromatic carbocycles. The van der Waals surface area contributed by atoms with Gasteiger partial charge in [0.15, 0.2) is 0 Å². The number of nitrogens with zero attached hydrogens (tertiary/aromatic N) is 3. The van der Waals surface area contributed by atoms with Crippen molar-refractivity contribution in [2.24, 2.45) is 5.92 Å². The normalized spacial score (nSPS) is 17.6. The second kappa shape index (κ2) is 5.39. The molecule has 21 heavy (non-hydrogen) atoms. The highest BCUT2D eigenvalue weighted by Crippen LogP contribution is 2.21. The Morgan fingerprint density at radius 1 is 1.52 bits per heavy atom. The summed E-state index contributed by atoms with van der Waals surface area (Å²) in [6.45, 7) is 5.46. The Morgan fingerprint density at radius 3 is 3.05 bits per heavy atom. The van der Waals surface area contributed by atoms with E-state index < -0.39 is 0 Å². The highest BCUT2D eigenvalue weighted by atomic mass is 16.3. The lowest BCUT2D eigenvalue weighted by Crippen LogP contribution is -2.35. The fraction of sp³-hybridized carbons (Fsp3) is 0.500. The van der Waals surface area contributed by atoms with Gasteiger partial charge < -0.3 is 13.9 Å². The highest BCUT2D eigenvalue weighted by Gasteiger charge is 2.24. The van der Waals surface area contributed by atoms with Crippen molar-refractivity contribution in [1.29, 1.82) is 0 Å². The number of aryl methyl sites for hydroxylation is 3. The van der Waals surface area contributed by atoms with Crippen molar-refractivity contribution in [2.45, 2.75) is 33.2 Å². The molecule has 3 heterocycles. The Balaban J connectivity index is 1.65. The number of rotatable bonds is 3. The molecule has 0 N–H and O–H groups in total. The van der Waals surface area contributed by atoms with E-state index in [0.29, 0.717) is 17.2 Å². The van der Waals surface area contributed by atoms with Gasteiger partial charge >= 0.3 is 0 Å². The maximum absolute atomic E-state index is 12.5. The van der Waals surface area contributed by atoms with Gasteiger partial charge in [0.25, 0.3) is 5.91 Å². The van der Waals surface area contributed by atoms with E-state index >= 15 is 0 Å². The molecule has 0 spiro atoms. The molecule has 0 unspecified atom stereocenters. The number of furan rings is 1. The molecule has 3 rings (SSSR count). The van der Waals surface area contributed by atoms with E-state index in [-0.39, 0.29) is 5.91 Å². The molecule has 2 aromatic rings. The molecule has 0 fully saturated rings. The molecule has 0 radical (unpaired) electrons. The summed E-state index contributed by atoms with van der Waals surface area (Å²) in [5.41, 5.74) is 0.673. The van der Waals surface area contributed by atoms with Crippen molar-refractivity contribution in [3.05, 3.63) is 41.4 Å².